The number of carbonyl (C=O) groups excluding carboxylic acids is 2. The van der Waals surface area contributed by atoms with E-state index in [1.165, 1.54) is 0 Å². The molecule has 0 spiro atoms. The molecule has 0 atom stereocenters. The number of aromatic nitrogens is 2. The summed E-state index contributed by atoms with van der Waals surface area (Å²) in [5, 5.41) is 11.1. The van der Waals surface area contributed by atoms with Gasteiger partial charge in [-0.3, -0.25) is 14.7 Å². The lowest BCUT2D eigenvalue weighted by molar-refractivity contribution is 0.0692. The number of hydrogen-bond donors (Lipinski definition) is 2. The maximum atomic E-state index is 12.8. The Morgan fingerprint density at radius 2 is 1.80 bits per heavy atom. The van der Waals surface area contributed by atoms with E-state index in [-0.39, 0.29) is 17.9 Å². The lowest BCUT2D eigenvalue weighted by Gasteiger charge is -2.32. The molecular weight excluding hydrogens is 423 g/mol. The fourth-order valence-corrected chi connectivity index (χ4v) is 3.94. The second kappa shape index (κ2) is 8.90. The molecule has 2 amide bonds. The Balaban J connectivity index is 1.35. The zero-order valence-corrected chi connectivity index (χ0v) is 17.6. The molecule has 0 unspecified atom stereocenters. The topological polar surface area (TPSA) is 78.1 Å². The van der Waals surface area contributed by atoms with E-state index in [4.69, 9.17) is 23.2 Å². The van der Waals surface area contributed by atoms with Crippen LogP contribution in [0.1, 0.15) is 33.7 Å². The van der Waals surface area contributed by atoms with Gasteiger partial charge < -0.3 is 10.2 Å². The minimum absolute atomic E-state index is 0.00149. The Kier molecular flexibility index (Phi) is 6.06. The van der Waals surface area contributed by atoms with E-state index < -0.39 is 0 Å². The predicted octanol–water partition coefficient (Wildman–Crippen LogP) is 4.42. The first kappa shape index (κ1) is 20.4. The molecular formula is C22H20Cl2N4O2. The average Bonchev–Trinajstić information content (AvgIpc) is 3.24. The summed E-state index contributed by atoms with van der Waals surface area (Å²) in [6.45, 7) is 1.11. The van der Waals surface area contributed by atoms with Crippen molar-refractivity contribution in [2.45, 2.75) is 18.9 Å². The Labute approximate surface area is 184 Å². The third-order valence-corrected chi connectivity index (χ3v) is 5.73. The largest absolute Gasteiger partial charge is 0.349 e. The third-order valence-electron chi connectivity index (χ3n) is 5.16. The molecule has 8 heteroatoms. The van der Waals surface area contributed by atoms with Gasteiger partial charge in [-0.25, -0.2) is 0 Å². The van der Waals surface area contributed by atoms with Gasteiger partial charge in [0, 0.05) is 29.7 Å². The molecule has 2 heterocycles. The highest BCUT2D eigenvalue weighted by Crippen LogP contribution is 2.23. The van der Waals surface area contributed by atoms with Crippen molar-refractivity contribution in [3.8, 4) is 11.3 Å². The zero-order valence-electron chi connectivity index (χ0n) is 16.1. The van der Waals surface area contributed by atoms with E-state index in [9.17, 15) is 9.59 Å². The number of H-pyrrole nitrogens is 1. The van der Waals surface area contributed by atoms with E-state index in [0.29, 0.717) is 52.9 Å². The Hall–Kier alpha value is -2.83. The monoisotopic (exact) mass is 442 g/mol. The summed E-state index contributed by atoms with van der Waals surface area (Å²) >= 11 is 12.1. The molecule has 0 bridgehead atoms. The van der Waals surface area contributed by atoms with Crippen molar-refractivity contribution in [3.05, 3.63) is 75.9 Å². The Morgan fingerprint density at radius 1 is 1.03 bits per heavy atom. The van der Waals surface area contributed by atoms with E-state index in [1.54, 1.807) is 47.4 Å². The van der Waals surface area contributed by atoms with Crippen LogP contribution in [-0.4, -0.2) is 46.0 Å². The second-order valence-electron chi connectivity index (χ2n) is 7.20. The number of piperidine rings is 1. The third kappa shape index (κ3) is 4.50. The number of aromatic amines is 1. The first-order valence-electron chi connectivity index (χ1n) is 9.67. The smallest absolute Gasteiger partial charge is 0.271 e. The summed E-state index contributed by atoms with van der Waals surface area (Å²) in [4.78, 5) is 27.0. The van der Waals surface area contributed by atoms with Gasteiger partial charge in [0.2, 0.25) is 0 Å². The van der Waals surface area contributed by atoms with Gasteiger partial charge in [0.25, 0.3) is 11.8 Å². The molecule has 1 saturated heterocycles. The van der Waals surface area contributed by atoms with Crippen LogP contribution in [0, 0.1) is 0 Å². The summed E-state index contributed by atoms with van der Waals surface area (Å²) in [5.74, 6) is -0.295. The SMILES string of the molecule is O=C(NC1CCN(C(=O)c2cc(-c3cccc(Cl)c3)n[nH]2)CC1)c1ccccc1Cl. The lowest BCUT2D eigenvalue weighted by atomic mass is 10.0. The van der Waals surface area contributed by atoms with Gasteiger partial charge in [0.15, 0.2) is 0 Å². The number of carbonyl (C=O) groups is 2. The van der Waals surface area contributed by atoms with Gasteiger partial charge >= 0.3 is 0 Å². The lowest BCUT2D eigenvalue weighted by Crippen LogP contribution is -2.46. The normalized spacial score (nSPS) is 14.5. The van der Waals surface area contributed by atoms with Gasteiger partial charge in [0.1, 0.15) is 5.69 Å². The van der Waals surface area contributed by atoms with Crippen molar-refractivity contribution in [3.63, 3.8) is 0 Å². The van der Waals surface area contributed by atoms with E-state index in [1.807, 2.05) is 12.1 Å². The van der Waals surface area contributed by atoms with Crippen molar-refractivity contribution >= 4 is 35.0 Å². The highest BCUT2D eigenvalue weighted by Gasteiger charge is 2.26. The van der Waals surface area contributed by atoms with Gasteiger partial charge in [0.05, 0.1) is 16.3 Å². The number of nitrogens with zero attached hydrogens (tertiary/aromatic N) is 2. The molecule has 3 aromatic rings. The van der Waals surface area contributed by atoms with Crippen molar-refractivity contribution in [2.24, 2.45) is 0 Å². The fraction of sp³-hybridized carbons (Fsp3) is 0.227. The number of likely N-dealkylation sites (tertiary alicyclic amines) is 1. The maximum Gasteiger partial charge on any atom is 0.271 e. The van der Waals surface area contributed by atoms with Crippen molar-refractivity contribution in [2.75, 3.05) is 13.1 Å². The number of nitrogens with one attached hydrogen (secondary N) is 2. The molecule has 2 N–H and O–H groups in total. The number of amides is 2. The van der Waals surface area contributed by atoms with Crippen LogP contribution in [0.4, 0.5) is 0 Å². The summed E-state index contributed by atoms with van der Waals surface area (Å²) in [7, 11) is 0. The molecule has 1 fully saturated rings. The van der Waals surface area contributed by atoms with Crippen LogP contribution in [0.5, 0.6) is 0 Å². The standard InChI is InChI=1S/C22H20Cl2N4O2/c23-15-5-3-4-14(12-15)19-13-20(27-26-19)22(30)28-10-8-16(9-11-28)25-21(29)17-6-1-2-7-18(17)24/h1-7,12-13,16H,8-11H2,(H,25,29)(H,26,27). The Morgan fingerprint density at radius 3 is 2.53 bits per heavy atom. The first-order chi connectivity index (χ1) is 14.5. The van der Waals surface area contributed by atoms with Gasteiger partial charge in [-0.05, 0) is 43.2 Å². The molecule has 0 radical (unpaired) electrons. The van der Waals surface area contributed by atoms with Gasteiger partial charge in [-0.1, -0.05) is 47.5 Å². The molecule has 1 aromatic heterocycles. The molecule has 2 aromatic carbocycles. The zero-order chi connectivity index (χ0) is 21.1. The highest BCUT2D eigenvalue weighted by molar-refractivity contribution is 6.33. The van der Waals surface area contributed by atoms with E-state index in [0.717, 1.165) is 5.56 Å². The number of hydrogen-bond acceptors (Lipinski definition) is 3. The molecule has 1 aliphatic rings. The summed E-state index contributed by atoms with van der Waals surface area (Å²) in [6, 6.07) is 16.0. The van der Waals surface area contributed by atoms with E-state index >= 15 is 0 Å². The van der Waals surface area contributed by atoms with Crippen LogP contribution >= 0.6 is 23.2 Å². The van der Waals surface area contributed by atoms with Crippen LogP contribution in [0.2, 0.25) is 10.0 Å². The summed E-state index contributed by atoms with van der Waals surface area (Å²) < 4.78 is 0. The highest BCUT2D eigenvalue weighted by atomic mass is 35.5. The molecule has 4 rings (SSSR count). The minimum Gasteiger partial charge on any atom is -0.349 e. The number of halogens is 2. The van der Waals surface area contributed by atoms with Crippen LogP contribution in [-0.2, 0) is 0 Å². The molecule has 1 aliphatic heterocycles. The second-order valence-corrected chi connectivity index (χ2v) is 8.04. The van der Waals surface area contributed by atoms with Crippen LogP contribution in [0.3, 0.4) is 0 Å². The molecule has 6 nitrogen and oxygen atoms in total. The van der Waals surface area contributed by atoms with Crippen LogP contribution < -0.4 is 5.32 Å². The van der Waals surface area contributed by atoms with Crippen molar-refractivity contribution < 1.29 is 9.59 Å². The van der Waals surface area contributed by atoms with Crippen molar-refractivity contribution in [1.29, 1.82) is 0 Å². The average molecular weight is 443 g/mol. The van der Waals surface area contributed by atoms with Crippen LogP contribution in [0.25, 0.3) is 11.3 Å². The quantitative estimate of drug-likeness (QED) is 0.627. The molecule has 0 aliphatic carbocycles. The van der Waals surface area contributed by atoms with Crippen LogP contribution in [0.15, 0.2) is 54.6 Å². The minimum atomic E-state index is -0.190. The Bertz CT molecular complexity index is 1070. The number of rotatable bonds is 4. The van der Waals surface area contributed by atoms with Crippen molar-refractivity contribution in [1.82, 2.24) is 20.4 Å². The van der Waals surface area contributed by atoms with Gasteiger partial charge in [-0.2, -0.15) is 5.10 Å². The predicted molar refractivity (Wildman–Crippen MR) is 117 cm³/mol. The van der Waals surface area contributed by atoms with Gasteiger partial charge in [-0.15, -0.1) is 0 Å². The fourth-order valence-electron chi connectivity index (χ4n) is 3.53. The number of benzene rings is 2. The molecule has 30 heavy (non-hydrogen) atoms. The maximum absolute atomic E-state index is 12.8. The summed E-state index contributed by atoms with van der Waals surface area (Å²) in [5.41, 5.74) is 2.41. The molecule has 0 saturated carbocycles. The molecule has 154 valence electrons. The first-order valence-corrected chi connectivity index (χ1v) is 10.4. The van der Waals surface area contributed by atoms with E-state index in [2.05, 4.69) is 15.5 Å². The summed E-state index contributed by atoms with van der Waals surface area (Å²) in [6.07, 6.45) is 1.36.